The lowest BCUT2D eigenvalue weighted by Gasteiger charge is -2.10. The van der Waals surface area contributed by atoms with E-state index in [1.165, 1.54) is 6.08 Å². The highest BCUT2D eigenvalue weighted by Crippen LogP contribution is 2.34. The minimum absolute atomic E-state index is 0.145. The predicted octanol–water partition coefficient (Wildman–Crippen LogP) is 3.17. The van der Waals surface area contributed by atoms with Gasteiger partial charge in [0.1, 0.15) is 24.0 Å². The van der Waals surface area contributed by atoms with Crippen LogP contribution < -0.4 is 10.5 Å². The van der Waals surface area contributed by atoms with Crippen LogP contribution in [0.1, 0.15) is 5.56 Å². The number of carbonyl (C=O) groups excluding carboxylic acids is 1. The van der Waals surface area contributed by atoms with Gasteiger partial charge in [0.15, 0.2) is 0 Å². The Kier molecular flexibility index (Phi) is 5.80. The molecule has 0 radical (unpaired) electrons. The number of benzene rings is 1. The number of halogens is 2. The van der Waals surface area contributed by atoms with E-state index in [0.717, 1.165) is 4.47 Å². The summed E-state index contributed by atoms with van der Waals surface area (Å²) >= 11 is 6.69. The van der Waals surface area contributed by atoms with Crippen LogP contribution in [0, 0.1) is 11.3 Å². The summed E-state index contributed by atoms with van der Waals surface area (Å²) in [5.74, 6) is -0.273. The zero-order valence-electron chi connectivity index (χ0n) is 9.82. The number of amides is 1. The van der Waals surface area contributed by atoms with Gasteiger partial charge in [0.2, 0.25) is 0 Å². The first-order chi connectivity index (χ1) is 8.99. The van der Waals surface area contributed by atoms with Gasteiger partial charge in [-0.25, -0.2) is 0 Å². The van der Waals surface area contributed by atoms with Crippen LogP contribution in [0.25, 0.3) is 6.08 Å². The molecule has 1 rings (SSSR count). The highest BCUT2D eigenvalue weighted by molar-refractivity contribution is 9.11. The van der Waals surface area contributed by atoms with Gasteiger partial charge in [-0.15, -0.1) is 0 Å². The molecule has 0 aliphatic rings. The van der Waals surface area contributed by atoms with Crippen LogP contribution in [0.15, 0.2) is 39.3 Å². The monoisotopic (exact) mass is 384 g/mol. The summed E-state index contributed by atoms with van der Waals surface area (Å²) in [5.41, 5.74) is 5.53. The van der Waals surface area contributed by atoms with Gasteiger partial charge in [0.25, 0.3) is 5.91 Å². The molecule has 19 heavy (non-hydrogen) atoms. The van der Waals surface area contributed by atoms with Crippen molar-refractivity contribution in [2.75, 3.05) is 6.61 Å². The number of primary amides is 1. The van der Waals surface area contributed by atoms with E-state index in [0.29, 0.717) is 22.4 Å². The summed E-state index contributed by atoms with van der Waals surface area (Å²) < 4.78 is 6.97. The van der Waals surface area contributed by atoms with Crippen LogP contribution in [0.2, 0.25) is 0 Å². The topological polar surface area (TPSA) is 76.1 Å². The van der Waals surface area contributed by atoms with Crippen molar-refractivity contribution < 1.29 is 9.53 Å². The maximum Gasteiger partial charge on any atom is 0.259 e. The molecule has 2 N–H and O–H groups in total. The molecule has 0 fully saturated rings. The van der Waals surface area contributed by atoms with Crippen molar-refractivity contribution in [3.63, 3.8) is 0 Å². The third-order valence-electron chi connectivity index (χ3n) is 2.07. The maximum absolute atomic E-state index is 11.1. The van der Waals surface area contributed by atoms with Crippen molar-refractivity contribution in [1.82, 2.24) is 0 Å². The maximum atomic E-state index is 11.1. The van der Waals surface area contributed by atoms with Gasteiger partial charge in [0.05, 0.1) is 4.47 Å². The fourth-order valence-electron chi connectivity index (χ4n) is 1.30. The van der Waals surface area contributed by atoms with Gasteiger partial charge < -0.3 is 10.5 Å². The highest BCUT2D eigenvalue weighted by Gasteiger charge is 2.11. The van der Waals surface area contributed by atoms with E-state index in [-0.39, 0.29) is 5.57 Å². The average Bonchev–Trinajstić information content (AvgIpc) is 2.34. The summed E-state index contributed by atoms with van der Waals surface area (Å²) in [6.07, 6.45) is 2.98. The molecule has 0 atom stereocenters. The molecule has 0 unspecified atom stereocenters. The van der Waals surface area contributed by atoms with E-state index in [9.17, 15) is 4.79 Å². The number of hydrogen-bond acceptors (Lipinski definition) is 3. The number of rotatable bonds is 5. The second-order valence-corrected chi connectivity index (χ2v) is 5.21. The molecule has 0 saturated heterocycles. The van der Waals surface area contributed by atoms with Crippen LogP contribution in [0.5, 0.6) is 5.75 Å². The van der Waals surface area contributed by atoms with E-state index >= 15 is 0 Å². The molecule has 1 aromatic rings. The number of carbonyl (C=O) groups is 1. The van der Waals surface area contributed by atoms with Crippen LogP contribution in [-0.4, -0.2) is 12.5 Å². The molecule has 0 bridgehead atoms. The molecule has 0 aliphatic carbocycles. The molecule has 0 spiro atoms. The first-order valence-electron chi connectivity index (χ1n) is 5.14. The molecule has 1 aromatic carbocycles. The van der Waals surface area contributed by atoms with E-state index in [1.807, 2.05) is 0 Å². The Hall–Kier alpha value is -1.58. The number of nitrogens with two attached hydrogens (primary N) is 1. The summed E-state index contributed by atoms with van der Waals surface area (Å²) in [6.45, 7) is 3.87. The number of ether oxygens (including phenoxy) is 1. The molecule has 0 heterocycles. The van der Waals surface area contributed by atoms with Gasteiger partial charge in [-0.1, -0.05) is 28.6 Å². The molecule has 98 valence electrons. The summed E-state index contributed by atoms with van der Waals surface area (Å²) in [4.78, 5) is 11.1. The SMILES string of the molecule is C=CCOc1c(Br)cc(Br)cc1C=C(C#N)C(N)=O. The molecule has 0 aromatic heterocycles. The van der Waals surface area contributed by atoms with E-state index in [1.54, 1.807) is 24.3 Å². The Bertz CT molecular complexity index is 589. The van der Waals surface area contributed by atoms with Crippen LogP contribution in [-0.2, 0) is 4.79 Å². The Balaban J connectivity index is 3.36. The van der Waals surface area contributed by atoms with Crippen molar-refractivity contribution >= 4 is 43.8 Å². The highest BCUT2D eigenvalue weighted by atomic mass is 79.9. The van der Waals surface area contributed by atoms with Gasteiger partial charge in [-0.05, 0) is 34.1 Å². The van der Waals surface area contributed by atoms with Gasteiger partial charge >= 0.3 is 0 Å². The second kappa shape index (κ2) is 7.12. The third-order valence-corrected chi connectivity index (χ3v) is 3.12. The third kappa shape index (κ3) is 4.23. The normalized spacial score (nSPS) is 10.7. The van der Waals surface area contributed by atoms with Gasteiger partial charge in [0, 0.05) is 10.0 Å². The minimum atomic E-state index is -0.784. The summed E-state index contributed by atoms with van der Waals surface area (Å²) in [5, 5.41) is 8.86. The lowest BCUT2D eigenvalue weighted by atomic mass is 10.1. The van der Waals surface area contributed by atoms with Crippen LogP contribution in [0.4, 0.5) is 0 Å². The van der Waals surface area contributed by atoms with Crippen molar-refractivity contribution in [2.24, 2.45) is 5.73 Å². The number of nitrogens with zero attached hydrogens (tertiary/aromatic N) is 1. The summed E-state index contributed by atoms with van der Waals surface area (Å²) in [6, 6.07) is 5.28. The van der Waals surface area contributed by atoms with E-state index < -0.39 is 5.91 Å². The van der Waals surface area contributed by atoms with Crippen LogP contribution >= 0.6 is 31.9 Å². The molecular weight excluding hydrogens is 376 g/mol. The van der Waals surface area contributed by atoms with Gasteiger partial charge in [-0.3, -0.25) is 4.79 Å². The molecule has 0 aliphatic heterocycles. The quantitative estimate of drug-likeness (QED) is 0.480. The number of hydrogen-bond donors (Lipinski definition) is 1. The molecule has 0 saturated carbocycles. The second-order valence-electron chi connectivity index (χ2n) is 3.44. The Labute approximate surface area is 127 Å². The molecule has 6 heteroatoms. The van der Waals surface area contributed by atoms with Crippen molar-refractivity contribution in [3.8, 4) is 11.8 Å². The Morgan fingerprint density at radius 3 is 2.74 bits per heavy atom. The lowest BCUT2D eigenvalue weighted by Crippen LogP contribution is -2.12. The van der Waals surface area contributed by atoms with E-state index in [4.69, 9.17) is 15.7 Å². The zero-order valence-corrected chi connectivity index (χ0v) is 13.0. The average molecular weight is 386 g/mol. The van der Waals surface area contributed by atoms with Gasteiger partial charge in [-0.2, -0.15) is 5.26 Å². The number of nitriles is 1. The summed E-state index contributed by atoms with van der Waals surface area (Å²) in [7, 11) is 0. The van der Waals surface area contributed by atoms with Crippen LogP contribution in [0.3, 0.4) is 0 Å². The fraction of sp³-hybridized carbons (Fsp3) is 0.0769. The first kappa shape index (κ1) is 15.5. The predicted molar refractivity (Wildman–Crippen MR) is 80.3 cm³/mol. The smallest absolute Gasteiger partial charge is 0.259 e. The van der Waals surface area contributed by atoms with Crippen molar-refractivity contribution in [1.29, 1.82) is 5.26 Å². The molecular formula is C13H10Br2N2O2. The lowest BCUT2D eigenvalue weighted by molar-refractivity contribution is -0.114. The fourth-order valence-corrected chi connectivity index (χ4v) is 2.67. The first-order valence-corrected chi connectivity index (χ1v) is 6.72. The zero-order chi connectivity index (χ0) is 14.4. The van der Waals surface area contributed by atoms with E-state index in [2.05, 4.69) is 38.4 Å². The largest absolute Gasteiger partial charge is 0.488 e. The molecule has 1 amide bonds. The Morgan fingerprint density at radius 1 is 1.53 bits per heavy atom. The van der Waals surface area contributed by atoms with Crippen molar-refractivity contribution in [2.45, 2.75) is 0 Å². The van der Waals surface area contributed by atoms with Crippen molar-refractivity contribution in [3.05, 3.63) is 44.9 Å². The Morgan fingerprint density at radius 2 is 2.21 bits per heavy atom. The molecule has 4 nitrogen and oxygen atoms in total. The minimum Gasteiger partial charge on any atom is -0.488 e. The standard InChI is InChI=1S/C13H10Br2N2O2/c1-2-3-19-12-8(4-9(7-16)13(17)18)5-10(14)6-11(12)15/h2,4-6H,1,3H2,(H2,17,18).